The molecule has 0 bridgehead atoms. The number of ether oxygens (including phenoxy) is 2. The number of aryl methyl sites for hydroxylation is 2. The van der Waals surface area contributed by atoms with Crippen LogP contribution >= 0.6 is 0 Å². The summed E-state index contributed by atoms with van der Waals surface area (Å²) in [6.07, 6.45) is 27.2. The van der Waals surface area contributed by atoms with Gasteiger partial charge in [-0.3, -0.25) is 4.55 Å². The average molecular weight is 907 g/mol. The number of hydrogen-bond acceptors (Lipinski definition) is 9. The van der Waals surface area contributed by atoms with Crippen LogP contribution in [0.15, 0.2) is 94.7 Å². The summed E-state index contributed by atoms with van der Waals surface area (Å²) in [4.78, 5) is -0.499. The van der Waals surface area contributed by atoms with Crippen LogP contribution in [0.3, 0.4) is 0 Å². The maximum absolute atomic E-state index is 12.0. The molecular formula is C48H66CaO10S2. The molecule has 2 N–H and O–H groups in total. The number of benzene rings is 4. The number of hydrogen-bond donors (Lipinski definition) is 2. The van der Waals surface area contributed by atoms with Crippen LogP contribution < -0.4 is 14.6 Å². The Morgan fingerprint density at radius 3 is 1.23 bits per heavy atom. The fraction of sp³-hybridized carbons (Fsp3) is 0.500. The molecule has 0 unspecified atom stereocenters. The summed E-state index contributed by atoms with van der Waals surface area (Å²) in [7, 11) is -8.71. The molecule has 0 amide bonds. The van der Waals surface area contributed by atoms with Crippen LogP contribution in [0.25, 0.3) is 0 Å². The minimum atomic E-state index is -4.49. The minimum Gasteiger partial charge on any atom is -0.872 e. The summed E-state index contributed by atoms with van der Waals surface area (Å²) in [5.74, 6) is 1.74. The predicted octanol–water partition coefficient (Wildman–Crippen LogP) is 12.4. The van der Waals surface area contributed by atoms with E-state index in [1.165, 1.54) is 170 Å². The fourth-order valence-electron chi connectivity index (χ4n) is 6.94. The Labute approximate surface area is 396 Å². The van der Waals surface area contributed by atoms with E-state index >= 15 is 0 Å². The average Bonchev–Trinajstić information content (AvgIpc) is 3.19. The molecular weight excluding hydrogens is 841 g/mol. The molecule has 4 aromatic rings. The normalized spacial score (nSPS) is 11.3. The van der Waals surface area contributed by atoms with Crippen molar-refractivity contribution in [2.24, 2.45) is 0 Å². The molecule has 0 aliphatic carbocycles. The topological polar surface area (TPSA) is 173 Å². The van der Waals surface area contributed by atoms with Crippen LogP contribution in [0.5, 0.6) is 34.5 Å². The SMILES string of the molecule is CCCCCCCCCCCCc1cc(O)cc(Oc2ccc(S(=O)(=O)O)cc2)c1.CCCCCCCCCCCCc1cc([O-])cc(Oc2ccc(S(=O)(=O)[O-])cc2)c1.[Ca+2]. The molecule has 10 nitrogen and oxygen atoms in total. The molecule has 61 heavy (non-hydrogen) atoms. The van der Waals surface area contributed by atoms with Crippen LogP contribution in [0.2, 0.25) is 0 Å². The Bertz CT molecular complexity index is 1870. The van der Waals surface area contributed by atoms with Gasteiger partial charge in [0.2, 0.25) is 0 Å². The smallest absolute Gasteiger partial charge is 0.872 e. The van der Waals surface area contributed by atoms with Crippen LogP contribution in [0.1, 0.15) is 153 Å². The van der Waals surface area contributed by atoms with Gasteiger partial charge in [-0.2, -0.15) is 8.42 Å². The second-order valence-electron chi connectivity index (χ2n) is 15.6. The predicted molar refractivity (Wildman–Crippen MR) is 242 cm³/mol. The maximum Gasteiger partial charge on any atom is 2.00 e. The van der Waals surface area contributed by atoms with E-state index in [0.717, 1.165) is 43.2 Å². The Morgan fingerprint density at radius 1 is 0.475 bits per heavy atom. The molecule has 4 aromatic carbocycles. The first kappa shape index (κ1) is 54.3. The molecule has 0 saturated heterocycles. The van der Waals surface area contributed by atoms with E-state index in [1.54, 1.807) is 12.1 Å². The van der Waals surface area contributed by atoms with E-state index in [1.807, 2.05) is 12.1 Å². The van der Waals surface area contributed by atoms with E-state index in [9.17, 15) is 31.6 Å². The van der Waals surface area contributed by atoms with Crippen LogP contribution in [0, 0.1) is 0 Å². The van der Waals surface area contributed by atoms with E-state index in [0.29, 0.717) is 23.0 Å². The van der Waals surface area contributed by atoms with Crippen LogP contribution in [-0.4, -0.2) is 68.8 Å². The summed E-state index contributed by atoms with van der Waals surface area (Å²) in [6, 6.07) is 20.7. The van der Waals surface area contributed by atoms with Crippen molar-refractivity contribution >= 4 is 58.0 Å². The van der Waals surface area contributed by atoms with E-state index in [-0.39, 0.29) is 59.0 Å². The van der Waals surface area contributed by atoms with Gasteiger partial charge in [-0.15, -0.1) is 5.75 Å². The maximum atomic E-state index is 12.0. The first-order chi connectivity index (χ1) is 28.8. The molecule has 0 spiro atoms. The third-order valence-corrected chi connectivity index (χ3v) is 12.0. The van der Waals surface area contributed by atoms with Crippen LogP contribution in [0.4, 0.5) is 0 Å². The Balaban J connectivity index is 0.000000413. The van der Waals surface area contributed by atoms with Crippen molar-refractivity contribution in [2.75, 3.05) is 0 Å². The number of aromatic hydroxyl groups is 1. The van der Waals surface area contributed by atoms with E-state index in [4.69, 9.17) is 14.0 Å². The zero-order valence-electron chi connectivity index (χ0n) is 36.3. The summed E-state index contributed by atoms with van der Waals surface area (Å²) < 4.78 is 75.6. The van der Waals surface area contributed by atoms with Gasteiger partial charge in [0.05, 0.1) is 9.79 Å². The van der Waals surface area contributed by atoms with Gasteiger partial charge in [-0.1, -0.05) is 135 Å². The van der Waals surface area contributed by atoms with Crippen molar-refractivity contribution in [1.29, 1.82) is 0 Å². The number of phenols is 1. The third-order valence-electron chi connectivity index (χ3n) is 10.2. The zero-order valence-corrected chi connectivity index (χ0v) is 40.2. The van der Waals surface area contributed by atoms with Crippen molar-refractivity contribution in [3.63, 3.8) is 0 Å². The van der Waals surface area contributed by atoms with Crippen molar-refractivity contribution in [3.8, 4) is 34.5 Å². The monoisotopic (exact) mass is 906 g/mol. The summed E-state index contributed by atoms with van der Waals surface area (Å²) in [5, 5.41) is 22.0. The number of phenolic OH excluding ortho intramolecular Hbond substituents is 1. The van der Waals surface area contributed by atoms with Gasteiger partial charge < -0.3 is 24.2 Å². The van der Waals surface area contributed by atoms with E-state index in [2.05, 4.69) is 13.8 Å². The van der Waals surface area contributed by atoms with Crippen LogP contribution in [-0.2, 0) is 33.1 Å². The molecule has 0 aliphatic heterocycles. The van der Waals surface area contributed by atoms with Gasteiger partial charge >= 0.3 is 37.7 Å². The van der Waals surface area contributed by atoms with Crippen molar-refractivity contribution in [1.82, 2.24) is 0 Å². The van der Waals surface area contributed by atoms with Gasteiger partial charge in [0.15, 0.2) is 0 Å². The van der Waals surface area contributed by atoms with Gasteiger partial charge in [-0.25, -0.2) is 8.42 Å². The summed E-state index contributed by atoms with van der Waals surface area (Å²) >= 11 is 0. The molecule has 0 radical (unpaired) electrons. The molecule has 0 saturated carbocycles. The van der Waals surface area contributed by atoms with Gasteiger partial charge in [0, 0.05) is 6.07 Å². The minimum absolute atomic E-state index is 0. The molecule has 4 rings (SSSR count). The second kappa shape index (κ2) is 30.3. The Hall–Kier alpha value is -2.84. The first-order valence-electron chi connectivity index (χ1n) is 21.9. The van der Waals surface area contributed by atoms with Gasteiger partial charge in [0.1, 0.15) is 38.9 Å². The fourth-order valence-corrected chi connectivity index (χ4v) is 7.89. The Morgan fingerprint density at radius 2 is 0.836 bits per heavy atom. The zero-order chi connectivity index (χ0) is 43.6. The molecule has 13 heteroatoms. The molecule has 332 valence electrons. The molecule has 0 heterocycles. The summed E-state index contributed by atoms with van der Waals surface area (Å²) in [6.45, 7) is 4.48. The van der Waals surface area contributed by atoms with Crippen molar-refractivity contribution < 1.29 is 45.6 Å². The molecule has 0 fully saturated rings. The van der Waals surface area contributed by atoms with Gasteiger partial charge in [-0.05, 0) is 110 Å². The van der Waals surface area contributed by atoms with E-state index < -0.39 is 20.2 Å². The number of unbranched alkanes of at least 4 members (excludes halogenated alkanes) is 18. The largest absolute Gasteiger partial charge is 2.00 e. The first-order valence-corrected chi connectivity index (χ1v) is 24.7. The van der Waals surface area contributed by atoms with Crippen molar-refractivity contribution in [2.45, 2.75) is 165 Å². The quantitative estimate of drug-likeness (QED) is 0.0317. The Kier molecular flexibility index (Phi) is 27.0. The van der Waals surface area contributed by atoms with Crippen molar-refractivity contribution in [3.05, 3.63) is 96.1 Å². The number of rotatable bonds is 28. The molecule has 0 aliphatic rings. The molecule has 0 atom stereocenters. The summed E-state index contributed by atoms with van der Waals surface area (Å²) in [5.41, 5.74) is 1.95. The van der Waals surface area contributed by atoms with Gasteiger partial charge in [0.25, 0.3) is 10.1 Å². The standard InChI is InChI=1S/2C24H34O5S.Ca/c2*1-2-3-4-5-6-7-8-9-10-11-12-20-17-21(25)19-23(18-20)29-22-13-15-24(16-14-22)30(26,27)28;/h2*13-19,25H,2-12H2,1H3,(H,26,27,28);/q;;+2/p-2. The molecule has 0 aromatic heterocycles. The third kappa shape index (κ3) is 24.0. The second-order valence-corrected chi connectivity index (χ2v) is 18.4.